The number of nitrogens with one attached hydrogen (secondary N) is 1. The Hall–Kier alpha value is -2.68. The van der Waals surface area contributed by atoms with Crippen molar-refractivity contribution in [3.8, 4) is 17.1 Å². The molecule has 4 aromatic rings. The minimum absolute atomic E-state index is 0.0247. The molecule has 2 N–H and O–H groups in total. The summed E-state index contributed by atoms with van der Waals surface area (Å²) in [5.41, 5.74) is 1.96. The van der Waals surface area contributed by atoms with Crippen LogP contribution in [-0.2, 0) is 11.4 Å². The van der Waals surface area contributed by atoms with E-state index in [0.29, 0.717) is 37.2 Å². The van der Waals surface area contributed by atoms with E-state index in [2.05, 4.69) is 15.2 Å². The van der Waals surface area contributed by atoms with Crippen molar-refractivity contribution < 1.29 is 14.6 Å². The first kappa shape index (κ1) is 25.4. The third-order valence-electron chi connectivity index (χ3n) is 4.65. The van der Waals surface area contributed by atoms with E-state index in [0.717, 1.165) is 22.9 Å². The van der Waals surface area contributed by atoms with Gasteiger partial charge in [0.15, 0.2) is 5.82 Å². The van der Waals surface area contributed by atoms with Crippen molar-refractivity contribution in [3.05, 3.63) is 96.8 Å². The van der Waals surface area contributed by atoms with Gasteiger partial charge < -0.3 is 9.84 Å². The Balaban J connectivity index is 1.58. The number of H-pyrrole nitrogens is 1. The maximum Gasteiger partial charge on any atom is 0.342 e. The molecular formula is C24H15Cl4N3O3S. The number of aromatic amines is 1. The van der Waals surface area contributed by atoms with Crippen molar-refractivity contribution in [2.75, 3.05) is 0 Å². The van der Waals surface area contributed by atoms with Crippen LogP contribution >= 0.6 is 58.2 Å². The molecule has 0 aliphatic rings. The molecule has 4 rings (SSSR count). The molecule has 35 heavy (non-hydrogen) atoms. The lowest BCUT2D eigenvalue weighted by Crippen LogP contribution is -2.00. The Labute approximate surface area is 224 Å². The van der Waals surface area contributed by atoms with Gasteiger partial charge in [0, 0.05) is 36.8 Å². The molecule has 0 amide bonds. The highest BCUT2D eigenvalue weighted by Gasteiger charge is 2.16. The number of hydrogen-bond donors (Lipinski definition) is 2. The Morgan fingerprint density at radius 3 is 2.37 bits per heavy atom. The number of carboxylic acids is 1. The highest BCUT2D eigenvalue weighted by molar-refractivity contribution is 8.04. The monoisotopic (exact) mass is 565 g/mol. The molecule has 6 nitrogen and oxygen atoms in total. The van der Waals surface area contributed by atoms with Crippen LogP contribution in [0.3, 0.4) is 0 Å². The van der Waals surface area contributed by atoms with Gasteiger partial charge in [-0.05, 0) is 72.4 Å². The third-order valence-corrected chi connectivity index (χ3v) is 6.60. The summed E-state index contributed by atoms with van der Waals surface area (Å²) in [7, 11) is 0. The van der Waals surface area contributed by atoms with Crippen LogP contribution in [0.5, 0.6) is 5.75 Å². The summed E-state index contributed by atoms with van der Waals surface area (Å²) in [4.78, 5) is 16.3. The summed E-state index contributed by atoms with van der Waals surface area (Å²) >= 11 is 25.2. The Morgan fingerprint density at radius 2 is 1.66 bits per heavy atom. The average molecular weight is 567 g/mol. The maximum absolute atomic E-state index is 12.0. The lowest BCUT2D eigenvalue weighted by Gasteiger charge is -2.12. The molecule has 11 heteroatoms. The van der Waals surface area contributed by atoms with E-state index in [1.54, 1.807) is 60.7 Å². The largest absolute Gasteiger partial charge is 0.488 e. The molecule has 0 fully saturated rings. The number of ether oxygens (including phenoxy) is 1. The molecule has 0 aliphatic carbocycles. The zero-order valence-electron chi connectivity index (χ0n) is 17.6. The molecule has 0 atom stereocenters. The summed E-state index contributed by atoms with van der Waals surface area (Å²) < 4.78 is 5.92. The van der Waals surface area contributed by atoms with Crippen molar-refractivity contribution in [2.24, 2.45) is 0 Å². The lowest BCUT2D eigenvalue weighted by molar-refractivity contribution is -0.131. The van der Waals surface area contributed by atoms with Crippen molar-refractivity contribution >= 4 is 70.2 Å². The van der Waals surface area contributed by atoms with E-state index in [-0.39, 0.29) is 16.7 Å². The van der Waals surface area contributed by atoms with Gasteiger partial charge in [-0.1, -0.05) is 52.5 Å². The zero-order chi connectivity index (χ0) is 24.9. The van der Waals surface area contributed by atoms with Gasteiger partial charge in [-0.2, -0.15) is 0 Å². The standard InChI is InChI=1S/C24H15Cl4N3O3S/c25-16-4-1-13(2-5-16)22-29-24(31-30-22)35-21(23(32)33)10-15-9-17(26)7-8-20(15)34-12-14-3-6-18(27)11-19(14)28/h1-11H,12H2,(H,32,33)(H,29,30,31)/b21-10-. The quantitative estimate of drug-likeness (QED) is 0.166. The number of nitrogens with zero attached hydrogens (tertiary/aromatic N) is 2. The molecule has 0 radical (unpaired) electrons. The summed E-state index contributed by atoms with van der Waals surface area (Å²) in [6.07, 6.45) is 1.45. The first-order valence-electron chi connectivity index (χ1n) is 9.96. The smallest absolute Gasteiger partial charge is 0.342 e. The number of aliphatic carboxylic acids is 1. The topological polar surface area (TPSA) is 88.1 Å². The van der Waals surface area contributed by atoms with E-state index in [9.17, 15) is 9.90 Å². The second-order valence-electron chi connectivity index (χ2n) is 7.10. The van der Waals surface area contributed by atoms with Crippen LogP contribution in [0.4, 0.5) is 0 Å². The van der Waals surface area contributed by atoms with Crippen molar-refractivity contribution in [2.45, 2.75) is 11.8 Å². The summed E-state index contributed by atoms with van der Waals surface area (Å²) in [6, 6.07) is 17.0. The van der Waals surface area contributed by atoms with Gasteiger partial charge in [0.05, 0.1) is 0 Å². The van der Waals surface area contributed by atoms with Gasteiger partial charge in [-0.25, -0.2) is 9.78 Å². The molecule has 3 aromatic carbocycles. The summed E-state index contributed by atoms with van der Waals surface area (Å²) in [5.74, 6) is -0.239. The molecule has 178 valence electrons. The van der Waals surface area contributed by atoms with Crippen molar-refractivity contribution in [1.82, 2.24) is 15.2 Å². The van der Waals surface area contributed by atoms with Gasteiger partial charge in [0.2, 0.25) is 5.16 Å². The van der Waals surface area contributed by atoms with Crippen LogP contribution in [0.25, 0.3) is 17.5 Å². The molecule has 0 aliphatic heterocycles. The van der Waals surface area contributed by atoms with Crippen LogP contribution in [0.2, 0.25) is 20.1 Å². The van der Waals surface area contributed by atoms with Crippen LogP contribution in [0.15, 0.2) is 70.7 Å². The zero-order valence-corrected chi connectivity index (χ0v) is 21.5. The van der Waals surface area contributed by atoms with E-state index < -0.39 is 5.97 Å². The maximum atomic E-state index is 12.0. The predicted molar refractivity (Wildman–Crippen MR) is 141 cm³/mol. The van der Waals surface area contributed by atoms with E-state index >= 15 is 0 Å². The van der Waals surface area contributed by atoms with Crippen molar-refractivity contribution in [3.63, 3.8) is 0 Å². The second-order valence-corrected chi connectivity index (χ2v) is 9.82. The van der Waals surface area contributed by atoms with Crippen LogP contribution in [0, 0.1) is 0 Å². The molecule has 0 saturated carbocycles. The fourth-order valence-corrected chi connectivity index (χ4v) is 4.43. The number of hydrogen-bond acceptors (Lipinski definition) is 5. The molecule has 1 heterocycles. The van der Waals surface area contributed by atoms with Gasteiger partial charge in [-0.15, -0.1) is 5.10 Å². The fourth-order valence-electron chi connectivity index (χ4n) is 2.96. The summed E-state index contributed by atoms with van der Waals surface area (Å²) in [6.45, 7) is 0.152. The first-order chi connectivity index (χ1) is 16.8. The Kier molecular flexibility index (Phi) is 8.26. The molecule has 1 aromatic heterocycles. The first-order valence-corrected chi connectivity index (χ1v) is 12.3. The van der Waals surface area contributed by atoms with Gasteiger partial charge in [-0.3, -0.25) is 5.10 Å². The highest BCUT2D eigenvalue weighted by atomic mass is 35.5. The van der Waals surface area contributed by atoms with Crippen molar-refractivity contribution in [1.29, 1.82) is 0 Å². The Bertz CT molecular complexity index is 1410. The number of carbonyl (C=O) groups is 1. The Morgan fingerprint density at radius 1 is 0.971 bits per heavy atom. The van der Waals surface area contributed by atoms with E-state index in [1.807, 2.05) is 0 Å². The normalized spacial score (nSPS) is 11.5. The van der Waals surface area contributed by atoms with Crippen LogP contribution in [0.1, 0.15) is 11.1 Å². The average Bonchev–Trinajstić information content (AvgIpc) is 3.28. The lowest BCUT2D eigenvalue weighted by atomic mass is 10.2. The van der Waals surface area contributed by atoms with Gasteiger partial charge in [0.25, 0.3) is 0 Å². The molecular weight excluding hydrogens is 552 g/mol. The molecule has 0 bridgehead atoms. The number of rotatable bonds is 8. The third kappa shape index (κ3) is 6.72. The van der Waals surface area contributed by atoms with Crippen LogP contribution in [-0.4, -0.2) is 26.3 Å². The van der Waals surface area contributed by atoms with Crippen LogP contribution < -0.4 is 4.74 Å². The number of aromatic nitrogens is 3. The van der Waals surface area contributed by atoms with E-state index in [4.69, 9.17) is 51.1 Å². The molecule has 0 spiro atoms. The summed E-state index contributed by atoms with van der Waals surface area (Å²) in [5, 5.41) is 19.0. The highest BCUT2D eigenvalue weighted by Crippen LogP contribution is 2.32. The minimum Gasteiger partial charge on any atom is -0.488 e. The fraction of sp³-hybridized carbons (Fsp3) is 0.0417. The number of thioether (sulfide) groups is 1. The van der Waals surface area contributed by atoms with E-state index in [1.165, 1.54) is 6.08 Å². The van der Waals surface area contributed by atoms with Gasteiger partial charge >= 0.3 is 5.97 Å². The minimum atomic E-state index is -1.15. The predicted octanol–water partition coefficient (Wildman–Crippen LogP) is 7.88. The molecule has 0 unspecified atom stereocenters. The van der Waals surface area contributed by atoms with Gasteiger partial charge in [0.1, 0.15) is 17.3 Å². The number of benzene rings is 3. The number of halogens is 4. The SMILES string of the molecule is O=C(O)/C(=C/c1cc(Cl)ccc1OCc1ccc(Cl)cc1Cl)Sc1n[nH]c(-c2ccc(Cl)cc2)n1. The number of carboxylic acid groups (broad SMARTS) is 1. The second kappa shape index (κ2) is 11.4. The molecule has 0 saturated heterocycles.